The molecule has 0 bridgehead atoms. The molecule has 23 heavy (non-hydrogen) atoms. The highest BCUT2D eigenvalue weighted by atomic mass is 79.9. The zero-order valence-electron chi connectivity index (χ0n) is 13.3. The van der Waals surface area contributed by atoms with Crippen LogP contribution >= 0.6 is 15.9 Å². The summed E-state index contributed by atoms with van der Waals surface area (Å²) < 4.78 is 5.48. The van der Waals surface area contributed by atoms with E-state index in [0.29, 0.717) is 0 Å². The minimum Gasteiger partial charge on any atom is -0.481 e. The highest BCUT2D eigenvalue weighted by molar-refractivity contribution is 9.12. The minimum atomic E-state index is -0.724. The predicted molar refractivity (Wildman–Crippen MR) is 94.2 cm³/mol. The number of rotatable bonds is 12. The van der Waals surface area contributed by atoms with E-state index in [-0.39, 0.29) is 18.6 Å². The zero-order chi connectivity index (χ0) is 16.9. The van der Waals surface area contributed by atoms with Gasteiger partial charge in [0.15, 0.2) is 0 Å². The molecule has 1 heterocycles. The van der Waals surface area contributed by atoms with Crippen LogP contribution in [0.5, 0.6) is 0 Å². The number of hydrogen-bond acceptors (Lipinski definition) is 3. The van der Waals surface area contributed by atoms with E-state index in [4.69, 9.17) is 9.84 Å². The maximum Gasteiger partial charge on any atom is 0.303 e. The third kappa shape index (κ3) is 11.1. The van der Waals surface area contributed by atoms with Gasteiger partial charge in [-0.05, 0) is 30.2 Å². The summed E-state index contributed by atoms with van der Waals surface area (Å²) >= 11 is 3.02. The smallest absolute Gasteiger partial charge is 0.303 e. The molecule has 1 aliphatic heterocycles. The molecule has 0 amide bonds. The average molecular weight is 385 g/mol. The summed E-state index contributed by atoms with van der Waals surface area (Å²) in [5.41, 5.74) is 0. The van der Waals surface area contributed by atoms with Crippen LogP contribution in [-0.2, 0) is 9.53 Å². The van der Waals surface area contributed by atoms with Crippen LogP contribution in [0.15, 0.2) is 24.3 Å². The maximum atomic E-state index is 10.4. The molecule has 0 aromatic rings. The van der Waals surface area contributed by atoms with Gasteiger partial charge in [-0.3, -0.25) is 4.79 Å². The van der Waals surface area contributed by atoms with Gasteiger partial charge in [0.05, 0.1) is 12.2 Å². The van der Waals surface area contributed by atoms with E-state index in [0.717, 1.165) is 44.9 Å². The molecule has 0 radical (unpaired) electrons. The number of carboxylic acids is 1. The molecule has 0 unspecified atom stereocenters. The lowest BCUT2D eigenvalue weighted by atomic mass is 10.1. The maximum absolute atomic E-state index is 10.4. The van der Waals surface area contributed by atoms with Crippen LogP contribution in [0.4, 0.5) is 0 Å². The molecule has 128 valence electrons. The summed E-state index contributed by atoms with van der Waals surface area (Å²) in [6.07, 6.45) is 14.0. The van der Waals surface area contributed by atoms with Crippen LogP contribution in [-0.4, -0.2) is 34.5 Å². The Morgan fingerprint density at radius 1 is 1.26 bits per heavy atom. The van der Waals surface area contributed by atoms with Gasteiger partial charge in [0.2, 0.25) is 0 Å². The van der Waals surface area contributed by atoms with Crippen LogP contribution in [0, 0.1) is 10.8 Å². The molecule has 0 saturated carbocycles. The normalized spacial score (nSPS) is 21.3. The Kier molecular flexibility index (Phi) is 10.7. The second-order valence-electron chi connectivity index (χ2n) is 5.67. The summed E-state index contributed by atoms with van der Waals surface area (Å²) in [5, 5.41) is 18.4. The van der Waals surface area contributed by atoms with Crippen LogP contribution in [0.25, 0.3) is 0 Å². The first-order valence-corrected chi connectivity index (χ1v) is 8.92. The van der Waals surface area contributed by atoms with Gasteiger partial charge in [-0.1, -0.05) is 49.8 Å². The molecule has 1 aliphatic rings. The second-order valence-corrected chi connectivity index (χ2v) is 6.06. The number of halogens is 1. The van der Waals surface area contributed by atoms with Crippen molar-refractivity contribution in [2.24, 2.45) is 0 Å². The zero-order valence-corrected chi connectivity index (χ0v) is 14.9. The average Bonchev–Trinajstić information content (AvgIpc) is 3.27. The van der Waals surface area contributed by atoms with Crippen molar-refractivity contribution in [3.8, 4) is 10.8 Å². The molecule has 4 nitrogen and oxygen atoms in total. The van der Waals surface area contributed by atoms with Gasteiger partial charge in [-0.2, -0.15) is 0 Å². The van der Waals surface area contributed by atoms with Crippen molar-refractivity contribution in [2.75, 3.05) is 0 Å². The number of unbranched alkanes of at least 4 members (excludes halogenated alkanes) is 4. The van der Waals surface area contributed by atoms with Gasteiger partial charge in [-0.15, -0.1) is 0 Å². The number of aliphatic carboxylic acids is 1. The number of aliphatic hydroxyl groups is 1. The van der Waals surface area contributed by atoms with Crippen LogP contribution in [0.1, 0.15) is 51.4 Å². The van der Waals surface area contributed by atoms with Crippen molar-refractivity contribution in [1.82, 2.24) is 0 Å². The highest BCUT2D eigenvalue weighted by Gasteiger charge is 2.34. The Bertz CT molecular complexity index is 461. The third-order valence-electron chi connectivity index (χ3n) is 3.66. The Morgan fingerprint density at radius 3 is 2.74 bits per heavy atom. The molecular weight excluding hydrogens is 360 g/mol. The molecule has 2 N–H and O–H groups in total. The summed E-state index contributed by atoms with van der Waals surface area (Å²) in [7, 11) is 0. The van der Waals surface area contributed by atoms with E-state index >= 15 is 0 Å². The fourth-order valence-electron chi connectivity index (χ4n) is 2.30. The van der Waals surface area contributed by atoms with Crippen molar-refractivity contribution in [1.29, 1.82) is 0 Å². The first kappa shape index (κ1) is 20.0. The number of aliphatic hydroxyl groups excluding tert-OH is 1. The molecule has 5 heteroatoms. The third-order valence-corrected chi connectivity index (χ3v) is 3.89. The summed E-state index contributed by atoms with van der Waals surface area (Å²) in [6, 6.07) is 0. The Morgan fingerprint density at radius 2 is 2.00 bits per heavy atom. The molecule has 0 aromatic heterocycles. The van der Waals surface area contributed by atoms with E-state index in [9.17, 15) is 9.90 Å². The number of ether oxygens (including phenoxy) is 1. The quantitative estimate of drug-likeness (QED) is 0.232. The lowest BCUT2D eigenvalue weighted by Crippen LogP contribution is -2.02. The van der Waals surface area contributed by atoms with Crippen molar-refractivity contribution in [3.63, 3.8) is 0 Å². The SMILES string of the molecule is O=C(O)CCCCCCC[C@H](O)/C=C/[C@@H]1O[C@H]1C/C=C\C#CBr. The molecular formula is C18H25BrO4. The van der Waals surface area contributed by atoms with Crippen LogP contribution < -0.4 is 0 Å². The molecule has 1 saturated heterocycles. The minimum absolute atomic E-state index is 0.113. The topological polar surface area (TPSA) is 70.1 Å². The fraction of sp³-hybridized carbons (Fsp3) is 0.611. The van der Waals surface area contributed by atoms with E-state index < -0.39 is 12.1 Å². The Balaban J connectivity index is 1.98. The summed E-state index contributed by atoms with van der Waals surface area (Å²) in [6.45, 7) is 0. The molecule has 3 atom stereocenters. The number of epoxide rings is 1. The van der Waals surface area contributed by atoms with Gasteiger partial charge >= 0.3 is 5.97 Å². The number of allylic oxidation sites excluding steroid dienone is 1. The molecule has 1 rings (SSSR count). The van der Waals surface area contributed by atoms with E-state index in [1.54, 1.807) is 6.08 Å². The molecule has 0 aliphatic carbocycles. The lowest BCUT2D eigenvalue weighted by Gasteiger charge is -2.05. The fourth-order valence-corrected chi connectivity index (χ4v) is 2.43. The number of carboxylic acid groups (broad SMARTS) is 1. The van der Waals surface area contributed by atoms with Gasteiger partial charge in [0, 0.05) is 22.4 Å². The van der Waals surface area contributed by atoms with Crippen molar-refractivity contribution in [3.05, 3.63) is 24.3 Å². The van der Waals surface area contributed by atoms with E-state index in [1.807, 2.05) is 18.2 Å². The Hall–Kier alpha value is -1.09. The largest absolute Gasteiger partial charge is 0.481 e. The standard InChI is InChI=1S/C18H25BrO4/c19-14-8-4-6-10-16-17(23-16)13-12-15(20)9-5-2-1-3-7-11-18(21)22/h4,6,12-13,15-17,20H,1-3,5,7,9-11H2,(H,21,22)/b6-4-,13-12+/t15-,16-,17-/m0/s1. The van der Waals surface area contributed by atoms with Gasteiger partial charge in [-0.25, -0.2) is 0 Å². The van der Waals surface area contributed by atoms with Crippen LogP contribution in [0.2, 0.25) is 0 Å². The van der Waals surface area contributed by atoms with Gasteiger partial charge < -0.3 is 14.9 Å². The Labute approximate surface area is 146 Å². The molecule has 0 spiro atoms. The first-order valence-electron chi connectivity index (χ1n) is 8.13. The van der Waals surface area contributed by atoms with Gasteiger partial charge in [0.25, 0.3) is 0 Å². The molecule has 1 fully saturated rings. The van der Waals surface area contributed by atoms with Gasteiger partial charge in [0.1, 0.15) is 6.10 Å². The van der Waals surface area contributed by atoms with Crippen molar-refractivity contribution < 1.29 is 19.7 Å². The summed E-state index contributed by atoms with van der Waals surface area (Å²) in [4.78, 5) is 13.0. The first-order chi connectivity index (χ1) is 11.1. The number of carbonyl (C=O) groups is 1. The highest BCUT2D eigenvalue weighted by Crippen LogP contribution is 2.27. The monoisotopic (exact) mass is 384 g/mol. The van der Waals surface area contributed by atoms with Crippen molar-refractivity contribution >= 4 is 21.9 Å². The molecule has 0 aromatic carbocycles. The second kappa shape index (κ2) is 12.3. The summed E-state index contributed by atoms with van der Waals surface area (Å²) in [5.74, 6) is 2.06. The van der Waals surface area contributed by atoms with Crippen molar-refractivity contribution in [2.45, 2.75) is 69.7 Å². The number of hydrogen-bond donors (Lipinski definition) is 2. The van der Waals surface area contributed by atoms with Crippen LogP contribution in [0.3, 0.4) is 0 Å². The van der Waals surface area contributed by atoms with E-state index in [2.05, 4.69) is 26.7 Å². The lowest BCUT2D eigenvalue weighted by molar-refractivity contribution is -0.137. The predicted octanol–water partition coefficient (Wildman–Crippen LogP) is 3.79. The van der Waals surface area contributed by atoms with E-state index in [1.165, 1.54) is 0 Å².